The molecule has 1 amide bonds. The maximum absolute atomic E-state index is 12.0. The number of hydrogen-bond donors (Lipinski definition) is 3. The Labute approximate surface area is 160 Å². The average molecular weight is 385 g/mol. The Morgan fingerprint density at radius 2 is 2.04 bits per heavy atom. The van der Waals surface area contributed by atoms with Crippen molar-refractivity contribution in [1.82, 2.24) is 20.1 Å². The zero-order valence-electron chi connectivity index (χ0n) is 14.8. The number of hydrogen-bond acceptors (Lipinski definition) is 9. The first-order valence-corrected chi connectivity index (χ1v) is 9.23. The van der Waals surface area contributed by atoms with E-state index >= 15 is 0 Å². The number of carbonyl (C=O) groups excluding carboxylic acids is 1. The largest absolute Gasteiger partial charge is 0.368 e. The van der Waals surface area contributed by atoms with Crippen molar-refractivity contribution in [3.63, 3.8) is 0 Å². The maximum atomic E-state index is 12.0. The third-order valence-corrected chi connectivity index (χ3v) is 4.56. The van der Waals surface area contributed by atoms with Crippen LogP contribution < -0.4 is 16.4 Å². The molecule has 2 heterocycles. The average Bonchev–Trinajstić information content (AvgIpc) is 3.04. The topological polar surface area (TPSA) is 132 Å². The van der Waals surface area contributed by atoms with Crippen molar-refractivity contribution in [3.05, 3.63) is 48.0 Å². The second kappa shape index (κ2) is 8.49. The minimum Gasteiger partial charge on any atom is -0.368 e. The van der Waals surface area contributed by atoms with E-state index in [2.05, 4.69) is 30.7 Å². The number of para-hydroxylation sites is 1. The van der Waals surface area contributed by atoms with Crippen LogP contribution in [0.1, 0.15) is 23.8 Å². The fourth-order valence-electron chi connectivity index (χ4n) is 2.18. The second-order valence-electron chi connectivity index (χ2n) is 5.69. The van der Waals surface area contributed by atoms with Crippen LogP contribution in [-0.4, -0.2) is 31.8 Å². The number of aryl methyl sites for hydroxylation is 1. The number of nitrogens with one attached hydrogen (secondary N) is 2. The number of nitrogens with zero attached hydrogens (tertiary/aromatic N) is 4. The highest BCUT2D eigenvalue weighted by molar-refractivity contribution is 8.00. The van der Waals surface area contributed by atoms with Gasteiger partial charge in [-0.1, -0.05) is 23.4 Å². The van der Waals surface area contributed by atoms with Gasteiger partial charge in [0.2, 0.25) is 17.8 Å². The Bertz CT molecular complexity index is 917. The summed E-state index contributed by atoms with van der Waals surface area (Å²) >= 11 is 1.38. The van der Waals surface area contributed by atoms with Crippen LogP contribution in [0, 0.1) is 6.92 Å². The van der Waals surface area contributed by atoms with Gasteiger partial charge in [0.05, 0.1) is 11.0 Å². The minimum atomic E-state index is -0.190. The second-order valence-corrected chi connectivity index (χ2v) is 7.02. The van der Waals surface area contributed by atoms with Gasteiger partial charge >= 0.3 is 0 Å². The van der Waals surface area contributed by atoms with Gasteiger partial charge in [0.1, 0.15) is 11.6 Å². The first kappa shape index (κ1) is 18.6. The lowest BCUT2D eigenvalue weighted by atomic mass is 10.3. The van der Waals surface area contributed by atoms with Crippen molar-refractivity contribution >= 4 is 41.1 Å². The van der Waals surface area contributed by atoms with Crippen LogP contribution >= 0.6 is 11.8 Å². The van der Waals surface area contributed by atoms with Crippen LogP contribution in [0.3, 0.4) is 0 Å². The molecule has 0 radical (unpaired) electrons. The lowest BCUT2D eigenvalue weighted by molar-refractivity contribution is -0.113. The highest BCUT2D eigenvalue weighted by Gasteiger charge is 2.15. The third kappa shape index (κ3) is 5.42. The molecule has 3 aromatic rings. The monoisotopic (exact) mass is 385 g/mol. The van der Waals surface area contributed by atoms with Gasteiger partial charge in [0.25, 0.3) is 0 Å². The van der Waals surface area contributed by atoms with E-state index in [1.54, 1.807) is 13.0 Å². The molecule has 0 spiro atoms. The highest BCUT2D eigenvalue weighted by atomic mass is 32.2. The zero-order chi connectivity index (χ0) is 19.2. The summed E-state index contributed by atoms with van der Waals surface area (Å²) in [6, 6.07) is 11.2. The number of amides is 1. The van der Waals surface area contributed by atoms with E-state index in [9.17, 15) is 4.79 Å². The van der Waals surface area contributed by atoms with E-state index in [0.29, 0.717) is 23.4 Å². The molecule has 1 atom stereocenters. The maximum Gasteiger partial charge on any atom is 0.235 e. The number of benzene rings is 1. The van der Waals surface area contributed by atoms with Crippen molar-refractivity contribution in [2.75, 3.05) is 22.1 Å². The fraction of sp³-hybridized carbons (Fsp3) is 0.235. The molecule has 140 valence electrons. The lowest BCUT2D eigenvalue weighted by Gasteiger charge is -2.12. The number of anilines is 4. The first-order chi connectivity index (χ1) is 13.0. The molecule has 27 heavy (non-hydrogen) atoms. The van der Waals surface area contributed by atoms with Gasteiger partial charge in [0, 0.05) is 11.8 Å². The van der Waals surface area contributed by atoms with Crippen molar-refractivity contribution in [2.45, 2.75) is 19.1 Å². The van der Waals surface area contributed by atoms with Gasteiger partial charge in [-0.3, -0.25) is 4.79 Å². The number of nitrogen functional groups attached to an aromatic ring is 1. The summed E-state index contributed by atoms with van der Waals surface area (Å²) in [4.78, 5) is 24.7. The molecule has 2 aromatic heterocycles. The Hall–Kier alpha value is -3.14. The van der Waals surface area contributed by atoms with E-state index in [1.807, 2.05) is 37.3 Å². The Morgan fingerprint density at radius 3 is 2.74 bits per heavy atom. The van der Waals surface area contributed by atoms with Crippen molar-refractivity contribution < 1.29 is 9.32 Å². The lowest BCUT2D eigenvalue weighted by Crippen LogP contribution is -2.15. The molecule has 0 saturated carbocycles. The van der Waals surface area contributed by atoms with Crippen LogP contribution in [0.25, 0.3) is 0 Å². The van der Waals surface area contributed by atoms with E-state index in [4.69, 9.17) is 10.3 Å². The molecule has 1 unspecified atom stereocenters. The van der Waals surface area contributed by atoms with Gasteiger partial charge in [-0.25, -0.2) is 0 Å². The number of carbonyl (C=O) groups is 1. The predicted octanol–water partition coefficient (Wildman–Crippen LogP) is 2.93. The van der Waals surface area contributed by atoms with E-state index in [0.717, 1.165) is 5.69 Å². The molecular weight excluding hydrogens is 366 g/mol. The quantitative estimate of drug-likeness (QED) is 0.561. The summed E-state index contributed by atoms with van der Waals surface area (Å²) in [7, 11) is 0. The summed E-state index contributed by atoms with van der Waals surface area (Å²) in [6.45, 7) is 3.66. The molecule has 3 rings (SSSR count). The van der Waals surface area contributed by atoms with Gasteiger partial charge in [-0.05, 0) is 26.0 Å². The molecule has 0 saturated heterocycles. The molecule has 0 fully saturated rings. The summed E-state index contributed by atoms with van der Waals surface area (Å²) in [5.74, 6) is 2.02. The van der Waals surface area contributed by atoms with Crippen LogP contribution in [0.15, 0.2) is 40.9 Å². The molecule has 10 heteroatoms. The Morgan fingerprint density at radius 1 is 1.26 bits per heavy atom. The summed E-state index contributed by atoms with van der Waals surface area (Å²) in [5, 5.41) is 9.33. The van der Waals surface area contributed by atoms with Gasteiger partial charge in [0.15, 0.2) is 5.82 Å². The predicted molar refractivity (Wildman–Crippen MR) is 105 cm³/mol. The molecule has 0 aliphatic heterocycles. The van der Waals surface area contributed by atoms with Crippen LogP contribution in [-0.2, 0) is 4.79 Å². The van der Waals surface area contributed by atoms with E-state index in [1.165, 1.54) is 11.8 Å². The minimum absolute atomic E-state index is 0.119. The molecule has 0 bridgehead atoms. The van der Waals surface area contributed by atoms with Gasteiger partial charge in [-0.15, -0.1) is 11.8 Å². The number of thioether (sulfide) groups is 1. The molecule has 0 aliphatic carbocycles. The number of nitrogens with two attached hydrogens (primary N) is 1. The van der Waals surface area contributed by atoms with Crippen LogP contribution in [0.2, 0.25) is 0 Å². The van der Waals surface area contributed by atoms with Crippen LogP contribution in [0.4, 0.5) is 23.4 Å². The van der Waals surface area contributed by atoms with Crippen LogP contribution in [0.5, 0.6) is 0 Å². The molecule has 0 aliphatic rings. The number of aromatic nitrogens is 4. The first-order valence-electron chi connectivity index (χ1n) is 8.18. The van der Waals surface area contributed by atoms with Crippen molar-refractivity contribution in [2.24, 2.45) is 0 Å². The van der Waals surface area contributed by atoms with Crippen molar-refractivity contribution in [1.29, 1.82) is 0 Å². The highest BCUT2D eigenvalue weighted by Crippen LogP contribution is 2.27. The van der Waals surface area contributed by atoms with Gasteiger partial charge in [-0.2, -0.15) is 15.0 Å². The molecule has 4 N–H and O–H groups in total. The Kier molecular flexibility index (Phi) is 5.87. The van der Waals surface area contributed by atoms with E-state index < -0.39 is 0 Å². The summed E-state index contributed by atoms with van der Waals surface area (Å²) < 4.78 is 4.92. The summed E-state index contributed by atoms with van der Waals surface area (Å²) in [6.07, 6.45) is 0. The normalized spacial score (nSPS) is 11.8. The van der Waals surface area contributed by atoms with E-state index in [-0.39, 0.29) is 22.9 Å². The number of rotatable bonds is 7. The van der Waals surface area contributed by atoms with Gasteiger partial charge < -0.3 is 20.9 Å². The SMILES string of the molecule is Cc1cc(NC(=O)CSC(C)c2nc(N)nc(Nc3ccccc3)n2)no1. The standard InChI is InChI=1S/C17H19N7O2S/c1-10-8-13(24-26-10)20-14(25)9-27-11(2)15-21-16(18)23-17(22-15)19-12-6-4-3-5-7-12/h3-8,11H,9H2,1-2H3,(H,20,24,25)(H3,18,19,21,22,23). The summed E-state index contributed by atoms with van der Waals surface area (Å²) in [5.41, 5.74) is 6.65. The third-order valence-electron chi connectivity index (χ3n) is 3.42. The fourth-order valence-corrected chi connectivity index (χ4v) is 2.91. The van der Waals surface area contributed by atoms with Crippen molar-refractivity contribution in [3.8, 4) is 0 Å². The molecular formula is C17H19N7O2S. The zero-order valence-corrected chi connectivity index (χ0v) is 15.7. The molecule has 9 nitrogen and oxygen atoms in total. The Balaban J connectivity index is 1.60. The molecule has 1 aromatic carbocycles. The smallest absolute Gasteiger partial charge is 0.235 e.